The molecule has 4 nitrogen and oxygen atoms in total. The van der Waals surface area contributed by atoms with Crippen molar-refractivity contribution < 1.29 is 14.3 Å². The van der Waals surface area contributed by atoms with Gasteiger partial charge in [0.15, 0.2) is 0 Å². The number of anilines is 1. The third-order valence-corrected chi connectivity index (χ3v) is 4.10. The van der Waals surface area contributed by atoms with Crippen LogP contribution in [0.15, 0.2) is 29.2 Å². The van der Waals surface area contributed by atoms with E-state index in [2.05, 4.69) is 5.32 Å². The minimum absolute atomic E-state index is 0.0897. The Morgan fingerprint density at radius 3 is 2.26 bits per heavy atom. The van der Waals surface area contributed by atoms with Crippen molar-refractivity contribution >= 4 is 29.3 Å². The monoisotopic (exact) mass is 281 g/mol. The van der Waals surface area contributed by atoms with Gasteiger partial charge in [0.1, 0.15) is 0 Å². The molecule has 19 heavy (non-hydrogen) atoms. The van der Waals surface area contributed by atoms with Crippen LogP contribution in [0.2, 0.25) is 0 Å². The molecule has 0 aromatic heterocycles. The number of carbonyl (C=O) groups is 2. The van der Waals surface area contributed by atoms with Gasteiger partial charge in [-0.15, -0.1) is 11.8 Å². The molecule has 1 amide bonds. The first-order chi connectivity index (χ1) is 8.93. The number of esters is 1. The molecular weight excluding hydrogens is 262 g/mol. The molecule has 0 aliphatic carbocycles. The van der Waals surface area contributed by atoms with Gasteiger partial charge in [0.25, 0.3) is 0 Å². The summed E-state index contributed by atoms with van der Waals surface area (Å²) in [5.41, 5.74) is 0.769. The molecule has 1 rings (SSSR count). The van der Waals surface area contributed by atoms with Gasteiger partial charge < -0.3 is 10.1 Å². The molecule has 0 bridgehead atoms. The Morgan fingerprint density at radius 1 is 1.21 bits per heavy atom. The fraction of sp³-hybridized carbons (Fsp3) is 0.429. The third-order valence-electron chi connectivity index (χ3n) is 2.77. The van der Waals surface area contributed by atoms with Crippen molar-refractivity contribution in [2.24, 2.45) is 5.92 Å². The number of amides is 1. The maximum Gasteiger partial charge on any atom is 0.309 e. The molecule has 104 valence electrons. The Hall–Kier alpha value is -1.49. The lowest BCUT2D eigenvalue weighted by molar-refractivity contribution is -0.144. The van der Waals surface area contributed by atoms with Gasteiger partial charge in [-0.1, -0.05) is 13.8 Å². The van der Waals surface area contributed by atoms with Crippen LogP contribution >= 0.6 is 11.8 Å². The van der Waals surface area contributed by atoms with E-state index in [1.165, 1.54) is 14.0 Å². The number of hydrogen-bond acceptors (Lipinski definition) is 4. The fourth-order valence-corrected chi connectivity index (χ4v) is 2.55. The molecular formula is C14H19NO3S. The van der Waals surface area contributed by atoms with Crippen molar-refractivity contribution in [3.05, 3.63) is 24.3 Å². The van der Waals surface area contributed by atoms with Crippen molar-refractivity contribution in [2.75, 3.05) is 12.4 Å². The summed E-state index contributed by atoms with van der Waals surface area (Å²) < 4.78 is 4.73. The van der Waals surface area contributed by atoms with Gasteiger partial charge in [-0.25, -0.2) is 0 Å². The lowest BCUT2D eigenvalue weighted by atomic mass is 10.1. The Morgan fingerprint density at radius 2 is 1.79 bits per heavy atom. The van der Waals surface area contributed by atoms with Gasteiger partial charge >= 0.3 is 5.97 Å². The zero-order valence-corrected chi connectivity index (χ0v) is 12.4. The Kier molecular flexibility index (Phi) is 5.89. The van der Waals surface area contributed by atoms with Crippen LogP contribution in [0.4, 0.5) is 5.69 Å². The van der Waals surface area contributed by atoms with Crippen LogP contribution < -0.4 is 5.32 Å². The molecule has 0 heterocycles. The molecule has 0 fully saturated rings. The van der Waals surface area contributed by atoms with Gasteiger partial charge in [0, 0.05) is 22.8 Å². The van der Waals surface area contributed by atoms with E-state index >= 15 is 0 Å². The lowest BCUT2D eigenvalue weighted by Crippen LogP contribution is -2.21. The quantitative estimate of drug-likeness (QED) is 0.666. The molecule has 5 heteroatoms. The minimum Gasteiger partial charge on any atom is -0.469 e. The average Bonchev–Trinajstić information content (AvgIpc) is 2.38. The van der Waals surface area contributed by atoms with Gasteiger partial charge in [0.05, 0.1) is 13.0 Å². The van der Waals surface area contributed by atoms with E-state index in [0.717, 1.165) is 10.6 Å². The van der Waals surface area contributed by atoms with Crippen molar-refractivity contribution in [1.29, 1.82) is 0 Å². The van der Waals surface area contributed by atoms with Crippen LogP contribution in [-0.4, -0.2) is 24.2 Å². The van der Waals surface area contributed by atoms with E-state index in [4.69, 9.17) is 4.74 Å². The Balaban J connectivity index is 2.62. The first kappa shape index (κ1) is 15.6. The normalized spacial score (nSPS) is 13.5. The van der Waals surface area contributed by atoms with Crippen LogP contribution in [-0.2, 0) is 14.3 Å². The van der Waals surface area contributed by atoms with Crippen molar-refractivity contribution in [3.63, 3.8) is 0 Å². The first-order valence-electron chi connectivity index (χ1n) is 6.06. The summed E-state index contributed by atoms with van der Waals surface area (Å²) in [6.45, 7) is 5.33. The number of ether oxygens (including phenoxy) is 1. The third kappa shape index (κ3) is 4.95. The molecule has 0 spiro atoms. The molecule has 1 aromatic rings. The molecule has 0 saturated carbocycles. The molecule has 1 aromatic carbocycles. The zero-order valence-electron chi connectivity index (χ0n) is 11.6. The standard InChI is InChI=1S/C14H19NO3S/c1-9(14(17)18-4)10(2)19-13-7-5-12(6-8-13)15-11(3)16/h5-10H,1-4H3,(H,15,16). The predicted molar refractivity (Wildman–Crippen MR) is 77.2 cm³/mol. The summed E-state index contributed by atoms with van der Waals surface area (Å²) in [5.74, 6) is -0.451. The molecule has 0 aliphatic rings. The highest BCUT2D eigenvalue weighted by Gasteiger charge is 2.21. The summed E-state index contributed by atoms with van der Waals surface area (Å²) in [7, 11) is 1.40. The van der Waals surface area contributed by atoms with E-state index in [0.29, 0.717) is 0 Å². The summed E-state index contributed by atoms with van der Waals surface area (Å²) in [4.78, 5) is 23.4. The summed E-state index contributed by atoms with van der Waals surface area (Å²) in [6, 6.07) is 7.55. The van der Waals surface area contributed by atoms with Crippen LogP contribution in [0.1, 0.15) is 20.8 Å². The minimum atomic E-state index is -0.199. The number of nitrogens with one attached hydrogen (secondary N) is 1. The van der Waals surface area contributed by atoms with E-state index in [1.807, 2.05) is 38.1 Å². The molecule has 2 atom stereocenters. The summed E-state index contributed by atoms with van der Waals surface area (Å²) in [5, 5.41) is 2.84. The van der Waals surface area contributed by atoms with Gasteiger partial charge in [-0.2, -0.15) is 0 Å². The van der Waals surface area contributed by atoms with Crippen LogP contribution in [0.3, 0.4) is 0 Å². The smallest absolute Gasteiger partial charge is 0.309 e. The molecule has 2 unspecified atom stereocenters. The topological polar surface area (TPSA) is 55.4 Å². The van der Waals surface area contributed by atoms with Crippen LogP contribution in [0.25, 0.3) is 0 Å². The SMILES string of the molecule is COC(=O)C(C)C(C)Sc1ccc(NC(C)=O)cc1. The fourth-order valence-electron chi connectivity index (χ4n) is 1.51. The second-order valence-electron chi connectivity index (χ2n) is 4.34. The average molecular weight is 281 g/mol. The van der Waals surface area contributed by atoms with Crippen molar-refractivity contribution in [1.82, 2.24) is 0 Å². The molecule has 0 radical (unpaired) electrons. The second kappa shape index (κ2) is 7.19. The van der Waals surface area contributed by atoms with Crippen molar-refractivity contribution in [3.8, 4) is 0 Å². The highest BCUT2D eigenvalue weighted by Crippen LogP contribution is 2.29. The number of benzene rings is 1. The maximum absolute atomic E-state index is 11.4. The molecule has 0 aliphatic heterocycles. The summed E-state index contributed by atoms with van der Waals surface area (Å²) in [6.07, 6.45) is 0. The molecule has 0 saturated heterocycles. The van der Waals surface area contributed by atoms with E-state index in [1.54, 1.807) is 11.8 Å². The van der Waals surface area contributed by atoms with E-state index in [-0.39, 0.29) is 23.0 Å². The number of hydrogen-bond donors (Lipinski definition) is 1. The highest BCUT2D eigenvalue weighted by molar-refractivity contribution is 8.00. The van der Waals surface area contributed by atoms with Gasteiger partial charge in [-0.3, -0.25) is 9.59 Å². The first-order valence-corrected chi connectivity index (χ1v) is 6.94. The number of rotatable bonds is 5. The highest BCUT2D eigenvalue weighted by atomic mass is 32.2. The lowest BCUT2D eigenvalue weighted by Gasteiger charge is -2.17. The maximum atomic E-state index is 11.4. The largest absolute Gasteiger partial charge is 0.469 e. The number of methoxy groups -OCH3 is 1. The van der Waals surface area contributed by atoms with E-state index in [9.17, 15) is 9.59 Å². The summed E-state index contributed by atoms with van der Waals surface area (Å²) >= 11 is 1.61. The molecule has 1 N–H and O–H groups in total. The van der Waals surface area contributed by atoms with E-state index < -0.39 is 0 Å². The van der Waals surface area contributed by atoms with Gasteiger partial charge in [-0.05, 0) is 24.3 Å². The Labute approximate surface area is 117 Å². The van der Waals surface area contributed by atoms with Gasteiger partial charge in [0.2, 0.25) is 5.91 Å². The second-order valence-corrected chi connectivity index (χ2v) is 5.79. The zero-order chi connectivity index (χ0) is 14.4. The predicted octanol–water partition coefficient (Wildman–Crippen LogP) is 2.93. The van der Waals surface area contributed by atoms with Crippen LogP contribution in [0, 0.1) is 5.92 Å². The Bertz CT molecular complexity index is 445. The van der Waals surface area contributed by atoms with Crippen molar-refractivity contribution in [2.45, 2.75) is 30.9 Å². The van der Waals surface area contributed by atoms with Crippen LogP contribution in [0.5, 0.6) is 0 Å². The number of carbonyl (C=O) groups excluding carboxylic acids is 2. The number of thioether (sulfide) groups is 1.